The van der Waals surface area contributed by atoms with Gasteiger partial charge in [0.2, 0.25) is 0 Å². The largest absolute Gasteiger partial charge is 0.300 e. The monoisotopic (exact) mass is 365 g/mol. The smallest absolute Gasteiger partial charge is 0.269 e. The molecule has 1 saturated heterocycles. The van der Waals surface area contributed by atoms with Gasteiger partial charge in [0.15, 0.2) is 5.17 Å². The van der Waals surface area contributed by atoms with Crippen molar-refractivity contribution in [3.63, 3.8) is 0 Å². The molecule has 0 bridgehead atoms. The van der Waals surface area contributed by atoms with Gasteiger partial charge in [0, 0.05) is 12.1 Å². The molecule has 1 heterocycles. The van der Waals surface area contributed by atoms with Crippen LogP contribution in [0.1, 0.15) is 11.1 Å². The number of nitrogens with one attached hydrogen (secondary N) is 1. The van der Waals surface area contributed by atoms with Crippen LogP contribution in [0, 0.1) is 17.0 Å². The summed E-state index contributed by atoms with van der Waals surface area (Å²) in [4.78, 5) is 27.3. The van der Waals surface area contributed by atoms with Crippen LogP contribution in [0.25, 0.3) is 6.08 Å². The molecule has 1 fully saturated rings. The maximum atomic E-state index is 12.0. The number of amides is 1. The number of amidine groups is 1. The van der Waals surface area contributed by atoms with Gasteiger partial charge < -0.3 is 5.32 Å². The Kier molecular flexibility index (Phi) is 5.28. The Balaban J connectivity index is 1.75. The third kappa shape index (κ3) is 4.25. The molecule has 1 amide bonds. The summed E-state index contributed by atoms with van der Waals surface area (Å²) in [6.07, 6.45) is 5.46. The normalized spacial score (nSPS) is 17.2. The number of aliphatic imine (C=N–C) groups is 1. The van der Waals surface area contributed by atoms with Crippen molar-refractivity contribution in [2.75, 3.05) is 0 Å². The van der Waals surface area contributed by atoms with Crippen LogP contribution in [0.3, 0.4) is 0 Å². The van der Waals surface area contributed by atoms with Crippen molar-refractivity contribution < 1.29 is 9.72 Å². The fraction of sp³-hybridized carbons (Fsp3) is 0.0526. The summed E-state index contributed by atoms with van der Waals surface area (Å²) in [5.74, 6) is -0.217. The van der Waals surface area contributed by atoms with Crippen molar-refractivity contribution in [1.29, 1.82) is 0 Å². The maximum absolute atomic E-state index is 12.0. The summed E-state index contributed by atoms with van der Waals surface area (Å²) >= 11 is 1.23. The Morgan fingerprint density at radius 1 is 1.19 bits per heavy atom. The van der Waals surface area contributed by atoms with Crippen LogP contribution in [-0.2, 0) is 4.79 Å². The highest BCUT2D eigenvalue weighted by atomic mass is 32.2. The maximum Gasteiger partial charge on any atom is 0.269 e. The number of allylic oxidation sites excluding steroid dienone is 2. The molecule has 26 heavy (non-hydrogen) atoms. The van der Waals surface area contributed by atoms with Gasteiger partial charge in [-0.1, -0.05) is 42.5 Å². The predicted molar refractivity (Wildman–Crippen MR) is 104 cm³/mol. The molecule has 0 aromatic heterocycles. The van der Waals surface area contributed by atoms with E-state index >= 15 is 0 Å². The van der Waals surface area contributed by atoms with Crippen LogP contribution in [0.2, 0.25) is 0 Å². The van der Waals surface area contributed by atoms with E-state index in [0.717, 1.165) is 5.56 Å². The van der Waals surface area contributed by atoms with Gasteiger partial charge in [-0.3, -0.25) is 14.9 Å². The molecule has 7 heteroatoms. The van der Waals surface area contributed by atoms with Gasteiger partial charge in [0.25, 0.3) is 11.6 Å². The van der Waals surface area contributed by atoms with Gasteiger partial charge in [-0.05, 0) is 42.0 Å². The molecule has 1 N–H and O–H groups in total. The van der Waals surface area contributed by atoms with E-state index in [0.29, 0.717) is 21.3 Å². The van der Waals surface area contributed by atoms with Crippen molar-refractivity contribution in [2.45, 2.75) is 6.92 Å². The number of carbonyl (C=O) groups excluding carboxylic acids is 1. The van der Waals surface area contributed by atoms with E-state index in [2.05, 4.69) is 10.3 Å². The van der Waals surface area contributed by atoms with E-state index in [1.54, 1.807) is 19.1 Å². The SMILES string of the molecule is Cc1cc([N+](=O)[O-])ccc1N=C1NC(=O)/C(=C/C=C\c2ccccc2)S1. The standard InChI is InChI=1S/C19H15N3O3S/c1-13-12-15(22(24)25)10-11-16(13)20-19-21-18(23)17(26-19)9-5-8-14-6-3-2-4-7-14/h2-12H,1H3,(H,20,21,23)/b8-5-,17-9-. The Hall–Kier alpha value is -3.19. The van der Waals surface area contributed by atoms with Crippen LogP contribution < -0.4 is 5.32 Å². The fourth-order valence-electron chi connectivity index (χ4n) is 2.29. The van der Waals surface area contributed by atoms with Crippen LogP contribution >= 0.6 is 11.8 Å². The van der Waals surface area contributed by atoms with Crippen LogP contribution in [0.15, 0.2) is 70.6 Å². The molecule has 3 rings (SSSR count). The molecular formula is C19H15N3O3S. The average Bonchev–Trinajstić information content (AvgIpc) is 2.97. The number of nitro benzene ring substituents is 1. The molecular weight excluding hydrogens is 350 g/mol. The number of hydrogen-bond donors (Lipinski definition) is 1. The molecule has 1 aliphatic heterocycles. The second-order valence-electron chi connectivity index (χ2n) is 5.50. The number of rotatable bonds is 4. The molecule has 0 radical (unpaired) electrons. The number of hydrogen-bond acceptors (Lipinski definition) is 5. The van der Waals surface area contributed by atoms with Gasteiger partial charge in [0.1, 0.15) is 0 Å². The Labute approximate surface area is 154 Å². The molecule has 2 aromatic carbocycles. The first-order chi connectivity index (χ1) is 12.5. The Morgan fingerprint density at radius 3 is 2.65 bits per heavy atom. The summed E-state index contributed by atoms with van der Waals surface area (Å²) in [5.41, 5.74) is 2.31. The summed E-state index contributed by atoms with van der Waals surface area (Å²) in [6, 6.07) is 14.2. The molecule has 0 aliphatic carbocycles. The number of thioether (sulfide) groups is 1. The molecule has 130 valence electrons. The van der Waals surface area contributed by atoms with E-state index in [-0.39, 0.29) is 11.6 Å². The highest BCUT2D eigenvalue weighted by Gasteiger charge is 2.23. The quantitative estimate of drug-likeness (QED) is 0.496. The first-order valence-corrected chi connectivity index (χ1v) is 8.61. The van der Waals surface area contributed by atoms with Gasteiger partial charge in [-0.15, -0.1) is 0 Å². The average molecular weight is 365 g/mol. The summed E-state index contributed by atoms with van der Waals surface area (Å²) < 4.78 is 0. The van der Waals surface area contributed by atoms with Crippen molar-refractivity contribution in [3.8, 4) is 0 Å². The van der Waals surface area contributed by atoms with Crippen LogP contribution in [0.4, 0.5) is 11.4 Å². The summed E-state index contributed by atoms with van der Waals surface area (Å²) in [7, 11) is 0. The van der Waals surface area contributed by atoms with Crippen molar-refractivity contribution in [2.24, 2.45) is 4.99 Å². The zero-order valence-corrected chi connectivity index (χ0v) is 14.7. The van der Waals surface area contributed by atoms with Crippen molar-refractivity contribution in [1.82, 2.24) is 5.32 Å². The Morgan fingerprint density at radius 2 is 1.96 bits per heavy atom. The van der Waals surface area contributed by atoms with Crippen LogP contribution in [0.5, 0.6) is 0 Å². The van der Waals surface area contributed by atoms with Crippen LogP contribution in [-0.4, -0.2) is 16.0 Å². The number of benzene rings is 2. The van der Waals surface area contributed by atoms with E-state index < -0.39 is 4.92 Å². The third-order valence-electron chi connectivity index (χ3n) is 3.60. The lowest BCUT2D eigenvalue weighted by atomic mass is 10.2. The molecule has 0 spiro atoms. The lowest BCUT2D eigenvalue weighted by Crippen LogP contribution is -2.19. The molecule has 6 nitrogen and oxygen atoms in total. The van der Waals surface area contributed by atoms with E-state index in [1.165, 1.54) is 23.9 Å². The zero-order chi connectivity index (χ0) is 18.5. The molecule has 0 unspecified atom stereocenters. The number of non-ortho nitro benzene ring substituents is 1. The number of nitrogens with zero attached hydrogens (tertiary/aromatic N) is 2. The minimum atomic E-state index is -0.448. The zero-order valence-electron chi connectivity index (χ0n) is 13.9. The van der Waals surface area contributed by atoms with E-state index in [4.69, 9.17) is 0 Å². The summed E-state index contributed by atoms with van der Waals surface area (Å²) in [5, 5.41) is 13.9. The first kappa shape index (κ1) is 17.6. The third-order valence-corrected chi connectivity index (χ3v) is 4.53. The second-order valence-corrected chi connectivity index (χ2v) is 6.53. The van der Waals surface area contributed by atoms with Gasteiger partial charge >= 0.3 is 0 Å². The summed E-state index contributed by atoms with van der Waals surface area (Å²) in [6.45, 7) is 1.74. The van der Waals surface area contributed by atoms with E-state index in [1.807, 2.05) is 42.5 Å². The lowest BCUT2D eigenvalue weighted by molar-refractivity contribution is -0.384. The first-order valence-electron chi connectivity index (χ1n) is 7.79. The molecule has 0 saturated carbocycles. The Bertz CT molecular complexity index is 950. The number of carbonyl (C=O) groups is 1. The van der Waals surface area contributed by atoms with Gasteiger partial charge in [-0.25, -0.2) is 4.99 Å². The number of nitro groups is 1. The topological polar surface area (TPSA) is 84.6 Å². The molecule has 1 aliphatic rings. The highest BCUT2D eigenvalue weighted by Crippen LogP contribution is 2.29. The van der Waals surface area contributed by atoms with Gasteiger partial charge in [0.05, 0.1) is 15.5 Å². The van der Waals surface area contributed by atoms with Crippen molar-refractivity contribution in [3.05, 3.63) is 86.8 Å². The fourth-order valence-corrected chi connectivity index (χ4v) is 3.08. The predicted octanol–water partition coefficient (Wildman–Crippen LogP) is 4.35. The lowest BCUT2D eigenvalue weighted by Gasteiger charge is -2.01. The van der Waals surface area contributed by atoms with Gasteiger partial charge in [-0.2, -0.15) is 0 Å². The molecule has 2 aromatic rings. The second kappa shape index (κ2) is 7.79. The van der Waals surface area contributed by atoms with E-state index in [9.17, 15) is 14.9 Å². The highest BCUT2D eigenvalue weighted by molar-refractivity contribution is 8.18. The minimum absolute atomic E-state index is 0.0150. The minimum Gasteiger partial charge on any atom is -0.300 e. The number of aryl methyl sites for hydroxylation is 1. The molecule has 0 atom stereocenters. The van der Waals surface area contributed by atoms with Crippen molar-refractivity contribution >= 4 is 40.3 Å².